The summed E-state index contributed by atoms with van der Waals surface area (Å²) < 4.78 is 16.4. The lowest BCUT2D eigenvalue weighted by molar-refractivity contribution is -0.303. The average molecular weight is 362 g/mol. The molecule has 1 fully saturated rings. The van der Waals surface area contributed by atoms with Crippen LogP contribution in [0.25, 0.3) is 0 Å². The minimum absolute atomic E-state index is 0.306. The molecule has 0 bridgehead atoms. The van der Waals surface area contributed by atoms with Crippen LogP contribution >= 0.6 is 10.0 Å². The Bertz CT molecular complexity index is 494. The van der Waals surface area contributed by atoms with E-state index in [2.05, 4.69) is 24.1 Å². The molecule has 7 heteroatoms. The minimum Gasteiger partial charge on any atom is -0.462 e. The highest BCUT2D eigenvalue weighted by Gasteiger charge is 2.45. The summed E-state index contributed by atoms with van der Waals surface area (Å²) >= 11 is 0. The average Bonchev–Trinajstić information content (AvgIpc) is 2.40. The van der Waals surface area contributed by atoms with Crippen molar-refractivity contribution < 1.29 is 23.8 Å². The molecule has 1 amide bonds. The van der Waals surface area contributed by atoms with Gasteiger partial charge in [0.1, 0.15) is 6.10 Å². The fourth-order valence-corrected chi connectivity index (χ4v) is 2.61. The number of carbonyl (C=O) groups excluding carboxylic acids is 2. The van der Waals surface area contributed by atoms with E-state index in [0.717, 1.165) is 5.75 Å². The van der Waals surface area contributed by atoms with Crippen LogP contribution in [0.4, 0.5) is 0 Å². The van der Waals surface area contributed by atoms with Gasteiger partial charge in [0.2, 0.25) is 0 Å². The van der Waals surface area contributed by atoms with Gasteiger partial charge in [-0.3, -0.25) is 4.79 Å². The Hall–Kier alpha value is -1.05. The number of carbonyl (C=O) groups is 2. The lowest BCUT2D eigenvalue weighted by atomic mass is 9.85. The quantitative estimate of drug-likeness (QED) is 0.579. The summed E-state index contributed by atoms with van der Waals surface area (Å²) in [7, 11) is -0.692. The smallest absolute Gasteiger partial charge is 0.332 e. The Morgan fingerprint density at radius 3 is 2.46 bits per heavy atom. The Morgan fingerprint density at radius 1 is 1.25 bits per heavy atom. The Kier molecular flexibility index (Phi) is 6.90. The molecule has 1 heterocycles. The number of hydrogen-bond acceptors (Lipinski definition) is 5. The summed E-state index contributed by atoms with van der Waals surface area (Å²) in [5.74, 6) is -0.723. The molecule has 1 rings (SSSR count). The van der Waals surface area contributed by atoms with Crippen LogP contribution in [0, 0.1) is 5.41 Å². The maximum atomic E-state index is 12.3. The van der Waals surface area contributed by atoms with E-state index in [1.54, 1.807) is 13.8 Å². The predicted molar refractivity (Wildman–Crippen MR) is 97.2 cm³/mol. The lowest BCUT2D eigenvalue weighted by Gasteiger charge is -2.44. The van der Waals surface area contributed by atoms with Crippen LogP contribution in [0.5, 0.6) is 0 Å². The maximum absolute atomic E-state index is 12.3. The molecule has 1 aliphatic heterocycles. The van der Waals surface area contributed by atoms with Gasteiger partial charge in [-0.15, -0.1) is 0 Å². The minimum atomic E-state index is -0.810. The molecule has 1 N–H and O–H groups in total. The van der Waals surface area contributed by atoms with Crippen LogP contribution in [0.15, 0.2) is 12.3 Å². The Balaban J connectivity index is 2.48. The van der Waals surface area contributed by atoms with E-state index in [-0.39, 0.29) is 5.91 Å². The van der Waals surface area contributed by atoms with Crippen molar-refractivity contribution in [1.82, 2.24) is 5.32 Å². The van der Waals surface area contributed by atoms with Crippen LogP contribution in [0.2, 0.25) is 0 Å². The second-order valence-corrected chi connectivity index (χ2v) is 12.6. The van der Waals surface area contributed by atoms with Crippen LogP contribution in [-0.2, 0) is 23.8 Å². The van der Waals surface area contributed by atoms with Crippen molar-refractivity contribution >= 4 is 21.9 Å². The normalized spacial score (nSPS) is 23.7. The van der Waals surface area contributed by atoms with E-state index in [1.807, 2.05) is 13.8 Å². The molecule has 0 aromatic carbocycles. The number of esters is 1. The van der Waals surface area contributed by atoms with E-state index < -0.39 is 33.3 Å². The van der Waals surface area contributed by atoms with E-state index in [1.165, 1.54) is 12.3 Å². The third-order valence-corrected chi connectivity index (χ3v) is 4.92. The van der Waals surface area contributed by atoms with Gasteiger partial charge in [-0.1, -0.05) is 13.8 Å². The van der Waals surface area contributed by atoms with Crippen molar-refractivity contribution in [2.24, 2.45) is 5.41 Å². The predicted octanol–water partition coefficient (Wildman–Crippen LogP) is 2.03. The largest absolute Gasteiger partial charge is 0.462 e. The van der Waals surface area contributed by atoms with E-state index in [4.69, 9.17) is 14.2 Å². The highest BCUT2D eigenvalue weighted by Crippen LogP contribution is 2.35. The highest BCUT2D eigenvalue weighted by atomic mass is 32.3. The molecule has 0 saturated carbocycles. The van der Waals surface area contributed by atoms with Gasteiger partial charge in [0, 0.05) is 23.4 Å². The van der Waals surface area contributed by atoms with Gasteiger partial charge in [0.15, 0.2) is 5.79 Å². The first-order valence-corrected chi connectivity index (χ1v) is 11.0. The molecule has 140 valence electrons. The van der Waals surface area contributed by atoms with Crippen LogP contribution in [0.3, 0.4) is 0 Å². The first-order chi connectivity index (χ1) is 10.8. The standard InChI is InChI=1S/C17H31NO5S/c1-16(2)12-22-17(3,4)23-14(16)15(20)18-9-8-13(19)21-10-11-24(5,6)7/h8-9,14H,10-12H2,1-7H3,(H,18,20)/b9-8+. The molecule has 1 atom stereocenters. The number of hydrogen-bond donors (Lipinski definition) is 1. The summed E-state index contributed by atoms with van der Waals surface area (Å²) in [5, 5.41) is 2.59. The summed E-state index contributed by atoms with van der Waals surface area (Å²) in [4.78, 5) is 24.0. The van der Waals surface area contributed by atoms with Crippen molar-refractivity contribution in [1.29, 1.82) is 0 Å². The van der Waals surface area contributed by atoms with Crippen molar-refractivity contribution in [3.8, 4) is 0 Å². The third kappa shape index (κ3) is 7.23. The van der Waals surface area contributed by atoms with Crippen molar-refractivity contribution in [3.63, 3.8) is 0 Å². The Morgan fingerprint density at radius 2 is 1.88 bits per heavy atom. The molecule has 0 aliphatic carbocycles. The van der Waals surface area contributed by atoms with Gasteiger partial charge >= 0.3 is 5.97 Å². The summed E-state index contributed by atoms with van der Waals surface area (Å²) in [6.07, 6.45) is 8.34. The molecule has 1 saturated heterocycles. The van der Waals surface area contributed by atoms with Gasteiger partial charge in [-0.05, 0) is 32.6 Å². The van der Waals surface area contributed by atoms with Crippen molar-refractivity contribution in [2.75, 3.05) is 37.7 Å². The van der Waals surface area contributed by atoms with Crippen LogP contribution < -0.4 is 5.32 Å². The van der Waals surface area contributed by atoms with Gasteiger partial charge < -0.3 is 19.5 Å². The van der Waals surface area contributed by atoms with Crippen molar-refractivity contribution in [2.45, 2.75) is 39.6 Å². The fraction of sp³-hybridized carbons (Fsp3) is 0.765. The number of ether oxygens (including phenoxy) is 3. The highest BCUT2D eigenvalue weighted by molar-refractivity contribution is 8.32. The zero-order chi connectivity index (χ0) is 18.6. The molecule has 1 unspecified atom stereocenters. The molecular weight excluding hydrogens is 330 g/mol. The van der Waals surface area contributed by atoms with Gasteiger partial charge in [-0.25, -0.2) is 14.8 Å². The lowest BCUT2D eigenvalue weighted by Crippen LogP contribution is -2.55. The molecule has 0 spiro atoms. The number of rotatable bonds is 6. The summed E-state index contributed by atoms with van der Waals surface area (Å²) in [5.41, 5.74) is -0.455. The Labute approximate surface area is 146 Å². The molecule has 0 aromatic heterocycles. The van der Waals surface area contributed by atoms with Crippen molar-refractivity contribution in [3.05, 3.63) is 12.3 Å². The molecule has 24 heavy (non-hydrogen) atoms. The summed E-state index contributed by atoms with van der Waals surface area (Å²) in [6.45, 7) is 8.15. The first-order valence-electron chi connectivity index (χ1n) is 7.94. The topological polar surface area (TPSA) is 73.9 Å². The van der Waals surface area contributed by atoms with E-state index in [0.29, 0.717) is 13.2 Å². The zero-order valence-electron chi connectivity index (χ0n) is 15.8. The summed E-state index contributed by atoms with van der Waals surface area (Å²) in [6, 6.07) is 0. The van der Waals surface area contributed by atoms with Crippen LogP contribution in [-0.4, -0.2) is 61.5 Å². The van der Waals surface area contributed by atoms with E-state index in [9.17, 15) is 9.59 Å². The van der Waals surface area contributed by atoms with Gasteiger partial charge in [-0.2, -0.15) is 0 Å². The molecule has 0 aromatic rings. The first kappa shape index (κ1) is 21.0. The fourth-order valence-electron chi connectivity index (χ4n) is 2.03. The zero-order valence-corrected chi connectivity index (χ0v) is 16.6. The monoisotopic (exact) mass is 361 g/mol. The second kappa shape index (κ2) is 7.89. The van der Waals surface area contributed by atoms with Gasteiger partial charge in [0.25, 0.3) is 5.91 Å². The maximum Gasteiger partial charge on any atom is 0.332 e. The number of nitrogens with one attached hydrogen (secondary N) is 1. The van der Waals surface area contributed by atoms with E-state index >= 15 is 0 Å². The number of amides is 1. The third-order valence-electron chi connectivity index (χ3n) is 3.53. The molecular formula is C17H31NO5S. The second-order valence-electron chi connectivity index (χ2n) is 7.98. The molecule has 0 radical (unpaired) electrons. The SMILES string of the molecule is CC1(C)OCC(C)(C)C(C(=O)N/C=C/C(=O)OCCS(C)(C)C)O1. The van der Waals surface area contributed by atoms with Gasteiger partial charge in [0.05, 0.1) is 13.2 Å². The van der Waals surface area contributed by atoms with Crippen LogP contribution in [0.1, 0.15) is 27.7 Å². The molecule has 1 aliphatic rings. The molecule has 6 nitrogen and oxygen atoms in total.